The number of hydrogen-bond acceptors (Lipinski definition) is 3. The van der Waals surface area contributed by atoms with E-state index in [1.54, 1.807) is 0 Å². The minimum atomic E-state index is 0.571. The smallest absolute Gasteiger partial charge is 0.119 e. The largest absolute Gasteiger partial charge is 0.494 e. The number of nitrogens with two attached hydrogens (primary N) is 1. The Morgan fingerprint density at radius 1 is 1.33 bits per heavy atom. The van der Waals surface area contributed by atoms with E-state index in [0.717, 1.165) is 37.8 Å². The van der Waals surface area contributed by atoms with E-state index in [4.69, 9.17) is 10.5 Å². The molecule has 0 spiro atoms. The second kappa shape index (κ2) is 6.76. The second-order valence-corrected chi connectivity index (χ2v) is 5.12. The molecule has 18 heavy (non-hydrogen) atoms. The molecule has 3 nitrogen and oxygen atoms in total. The van der Waals surface area contributed by atoms with Crippen molar-refractivity contribution < 1.29 is 4.74 Å². The molecule has 2 N–H and O–H groups in total. The van der Waals surface area contributed by atoms with Gasteiger partial charge in [0.05, 0.1) is 6.61 Å². The summed E-state index contributed by atoms with van der Waals surface area (Å²) in [5.41, 5.74) is 5.84. The van der Waals surface area contributed by atoms with Crippen LogP contribution in [-0.4, -0.2) is 37.2 Å². The lowest BCUT2D eigenvalue weighted by atomic mass is 10.0. The van der Waals surface area contributed by atoms with Crippen molar-refractivity contribution >= 4 is 0 Å². The molecule has 2 unspecified atom stereocenters. The molecule has 1 heterocycles. The maximum Gasteiger partial charge on any atom is 0.119 e. The van der Waals surface area contributed by atoms with Crippen molar-refractivity contribution in [1.82, 2.24) is 4.90 Å². The van der Waals surface area contributed by atoms with Crippen molar-refractivity contribution in [1.29, 1.82) is 0 Å². The number of hydrogen-bond donors (Lipinski definition) is 1. The molecule has 0 bridgehead atoms. The van der Waals surface area contributed by atoms with Crippen molar-refractivity contribution in [3.05, 3.63) is 30.3 Å². The Morgan fingerprint density at radius 2 is 2.11 bits per heavy atom. The molecule has 1 aliphatic rings. The fraction of sp³-hybridized carbons (Fsp3) is 0.600. The molecule has 2 rings (SSSR count). The summed E-state index contributed by atoms with van der Waals surface area (Å²) in [6, 6.07) is 10.6. The SMILES string of the molecule is CC1CCN(CCCOc2ccccc2)C1CN. The molecule has 0 saturated carbocycles. The number of likely N-dealkylation sites (tertiary alicyclic amines) is 1. The van der Waals surface area contributed by atoms with Gasteiger partial charge in [0.15, 0.2) is 0 Å². The molecule has 3 heteroatoms. The minimum absolute atomic E-state index is 0.571. The summed E-state index contributed by atoms with van der Waals surface area (Å²) in [4.78, 5) is 2.51. The molecule has 1 aliphatic heterocycles. The molecule has 0 radical (unpaired) electrons. The van der Waals surface area contributed by atoms with Crippen molar-refractivity contribution in [2.75, 3.05) is 26.2 Å². The molecule has 1 aromatic carbocycles. The highest BCUT2D eigenvalue weighted by atomic mass is 16.5. The third kappa shape index (κ3) is 3.47. The van der Waals surface area contributed by atoms with Gasteiger partial charge in [-0.1, -0.05) is 25.1 Å². The summed E-state index contributed by atoms with van der Waals surface area (Å²) in [7, 11) is 0. The number of para-hydroxylation sites is 1. The first-order chi connectivity index (χ1) is 8.81. The van der Waals surface area contributed by atoms with Crippen LogP contribution in [0.5, 0.6) is 5.75 Å². The molecule has 0 aromatic heterocycles. The fourth-order valence-corrected chi connectivity index (χ4v) is 2.72. The zero-order valence-corrected chi connectivity index (χ0v) is 11.2. The van der Waals surface area contributed by atoms with Crippen LogP contribution in [0.25, 0.3) is 0 Å². The number of nitrogens with zero attached hydrogens (tertiary/aromatic N) is 1. The van der Waals surface area contributed by atoms with Gasteiger partial charge in [0.1, 0.15) is 5.75 Å². The Kier molecular flexibility index (Phi) is 5.02. The zero-order chi connectivity index (χ0) is 12.8. The minimum Gasteiger partial charge on any atom is -0.494 e. The first-order valence-corrected chi connectivity index (χ1v) is 6.93. The summed E-state index contributed by atoms with van der Waals surface area (Å²) in [5, 5.41) is 0. The lowest BCUT2D eigenvalue weighted by Gasteiger charge is -2.25. The van der Waals surface area contributed by atoms with Crippen molar-refractivity contribution in [2.45, 2.75) is 25.8 Å². The van der Waals surface area contributed by atoms with Crippen LogP contribution in [0.3, 0.4) is 0 Å². The van der Waals surface area contributed by atoms with E-state index < -0.39 is 0 Å². The maximum atomic E-state index is 5.84. The molecule has 0 aliphatic carbocycles. The molecular formula is C15H24N2O. The quantitative estimate of drug-likeness (QED) is 0.784. The van der Waals surface area contributed by atoms with Crippen LogP contribution in [0.2, 0.25) is 0 Å². The van der Waals surface area contributed by atoms with E-state index in [1.165, 1.54) is 13.0 Å². The molecule has 1 aromatic rings. The predicted octanol–water partition coefficient (Wildman–Crippen LogP) is 2.12. The summed E-state index contributed by atoms with van der Waals surface area (Å²) in [6.07, 6.45) is 2.35. The third-order valence-corrected chi connectivity index (χ3v) is 3.84. The third-order valence-electron chi connectivity index (χ3n) is 3.84. The van der Waals surface area contributed by atoms with Crippen LogP contribution in [0.15, 0.2) is 30.3 Å². The van der Waals surface area contributed by atoms with Gasteiger partial charge in [-0.15, -0.1) is 0 Å². The van der Waals surface area contributed by atoms with Crippen LogP contribution >= 0.6 is 0 Å². The highest BCUT2D eigenvalue weighted by Crippen LogP contribution is 2.22. The van der Waals surface area contributed by atoms with E-state index in [2.05, 4.69) is 11.8 Å². The van der Waals surface area contributed by atoms with Crippen LogP contribution in [0.4, 0.5) is 0 Å². The van der Waals surface area contributed by atoms with Gasteiger partial charge < -0.3 is 10.5 Å². The highest BCUT2D eigenvalue weighted by Gasteiger charge is 2.29. The van der Waals surface area contributed by atoms with E-state index in [-0.39, 0.29) is 0 Å². The normalized spacial score (nSPS) is 24.3. The number of benzene rings is 1. The molecule has 0 amide bonds. The average molecular weight is 248 g/mol. The Bertz CT molecular complexity index is 342. The van der Waals surface area contributed by atoms with E-state index in [1.807, 2.05) is 30.3 Å². The lowest BCUT2D eigenvalue weighted by Crippen LogP contribution is -2.39. The van der Waals surface area contributed by atoms with Crippen LogP contribution in [0, 0.1) is 5.92 Å². The molecular weight excluding hydrogens is 224 g/mol. The summed E-state index contributed by atoms with van der Waals surface area (Å²) >= 11 is 0. The van der Waals surface area contributed by atoms with Gasteiger partial charge >= 0.3 is 0 Å². The van der Waals surface area contributed by atoms with Gasteiger partial charge in [0, 0.05) is 19.1 Å². The summed E-state index contributed by atoms with van der Waals surface area (Å²) in [5.74, 6) is 1.70. The standard InChI is InChI=1S/C15H24N2O/c1-13-8-10-17(15(13)12-16)9-5-11-18-14-6-3-2-4-7-14/h2-4,6-7,13,15H,5,8-12,16H2,1H3. The monoisotopic (exact) mass is 248 g/mol. The Balaban J connectivity index is 1.67. The van der Waals surface area contributed by atoms with Crippen molar-refractivity contribution in [2.24, 2.45) is 11.7 Å². The van der Waals surface area contributed by atoms with Crippen LogP contribution < -0.4 is 10.5 Å². The van der Waals surface area contributed by atoms with Gasteiger partial charge in [-0.2, -0.15) is 0 Å². The number of ether oxygens (including phenoxy) is 1. The second-order valence-electron chi connectivity index (χ2n) is 5.12. The molecule has 1 saturated heterocycles. The van der Waals surface area contributed by atoms with E-state index in [9.17, 15) is 0 Å². The topological polar surface area (TPSA) is 38.5 Å². The predicted molar refractivity (Wildman–Crippen MR) is 74.8 cm³/mol. The van der Waals surface area contributed by atoms with Gasteiger partial charge in [-0.3, -0.25) is 4.90 Å². The van der Waals surface area contributed by atoms with Gasteiger partial charge in [0.2, 0.25) is 0 Å². The highest BCUT2D eigenvalue weighted by molar-refractivity contribution is 5.20. The van der Waals surface area contributed by atoms with Crippen molar-refractivity contribution in [3.63, 3.8) is 0 Å². The molecule has 100 valence electrons. The van der Waals surface area contributed by atoms with Gasteiger partial charge in [-0.25, -0.2) is 0 Å². The van der Waals surface area contributed by atoms with E-state index in [0.29, 0.717) is 6.04 Å². The van der Waals surface area contributed by atoms with Gasteiger partial charge in [-0.05, 0) is 37.4 Å². The number of rotatable bonds is 6. The van der Waals surface area contributed by atoms with Gasteiger partial charge in [0.25, 0.3) is 0 Å². The zero-order valence-electron chi connectivity index (χ0n) is 11.2. The summed E-state index contributed by atoms with van der Waals surface area (Å²) < 4.78 is 5.70. The van der Waals surface area contributed by atoms with Crippen LogP contribution in [0.1, 0.15) is 19.8 Å². The first-order valence-electron chi connectivity index (χ1n) is 6.93. The maximum absolute atomic E-state index is 5.84. The lowest BCUT2D eigenvalue weighted by molar-refractivity contribution is 0.210. The summed E-state index contributed by atoms with van der Waals surface area (Å²) in [6.45, 7) is 6.15. The molecule has 1 fully saturated rings. The molecule has 2 atom stereocenters. The average Bonchev–Trinajstić information content (AvgIpc) is 2.76. The Hall–Kier alpha value is -1.06. The Labute approximate surface area is 110 Å². The van der Waals surface area contributed by atoms with E-state index >= 15 is 0 Å². The first kappa shape index (κ1) is 13.4. The van der Waals surface area contributed by atoms with Crippen LogP contribution in [-0.2, 0) is 0 Å². The van der Waals surface area contributed by atoms with Crippen molar-refractivity contribution in [3.8, 4) is 5.75 Å². The fourth-order valence-electron chi connectivity index (χ4n) is 2.72. The Morgan fingerprint density at radius 3 is 2.83 bits per heavy atom.